The highest BCUT2D eigenvalue weighted by Crippen LogP contribution is 2.27. The van der Waals surface area contributed by atoms with E-state index in [1.165, 1.54) is 5.57 Å². The number of aliphatic imine (C=N–C) groups is 1. The number of carbonyl (C=O) groups is 1. The van der Waals surface area contributed by atoms with Crippen molar-refractivity contribution in [3.8, 4) is 0 Å². The first-order chi connectivity index (χ1) is 13.6. The van der Waals surface area contributed by atoms with Crippen LogP contribution in [-0.4, -0.2) is 25.1 Å². The molecule has 0 saturated heterocycles. The summed E-state index contributed by atoms with van der Waals surface area (Å²) in [5.74, 6) is 0.327. The van der Waals surface area contributed by atoms with Crippen LogP contribution in [0.3, 0.4) is 0 Å². The topological polar surface area (TPSA) is 50.7 Å². The number of allylic oxidation sites excluding steroid dienone is 8. The quantitative estimate of drug-likeness (QED) is 0.291. The molecule has 0 fully saturated rings. The summed E-state index contributed by atoms with van der Waals surface area (Å²) in [5, 5.41) is 2.88. The van der Waals surface area contributed by atoms with Gasteiger partial charge in [0.1, 0.15) is 6.61 Å². The first kappa shape index (κ1) is 23.7. The molecule has 0 aliphatic carbocycles. The van der Waals surface area contributed by atoms with Gasteiger partial charge in [-0.2, -0.15) is 0 Å². The Morgan fingerprint density at radius 2 is 2.00 bits per heavy atom. The van der Waals surface area contributed by atoms with Gasteiger partial charge in [-0.3, -0.25) is 9.79 Å². The van der Waals surface area contributed by atoms with Crippen LogP contribution < -0.4 is 5.32 Å². The summed E-state index contributed by atoms with van der Waals surface area (Å²) in [7, 11) is 0. The summed E-state index contributed by atoms with van der Waals surface area (Å²) in [5.41, 5.74) is 3.09. The standard InChI is InChI=1S/C23H30N2O2S/c1-5-7-12-20(11-6-2)15-22(19(3)24-4)28-18-25-23(26)17-27-16-21-13-9-8-10-14-21/h5-14H,4,15-18H2,1-3H3,(H,25,26)/b7-5-,11-6-,20-12+,22-19-. The lowest BCUT2D eigenvalue weighted by atomic mass is 10.1. The molecule has 1 amide bonds. The molecule has 0 unspecified atom stereocenters. The summed E-state index contributed by atoms with van der Waals surface area (Å²) in [6.45, 7) is 10.0. The molecule has 5 heteroatoms. The zero-order valence-electron chi connectivity index (χ0n) is 17.0. The number of thioether (sulfide) groups is 1. The van der Waals surface area contributed by atoms with E-state index in [2.05, 4.69) is 29.2 Å². The highest BCUT2D eigenvalue weighted by molar-refractivity contribution is 8.03. The van der Waals surface area contributed by atoms with Crippen LogP contribution in [0.5, 0.6) is 0 Å². The minimum Gasteiger partial charge on any atom is -0.367 e. The fourth-order valence-electron chi connectivity index (χ4n) is 2.25. The van der Waals surface area contributed by atoms with Crippen molar-refractivity contribution in [2.75, 3.05) is 12.5 Å². The molecule has 1 aromatic rings. The molecule has 0 bridgehead atoms. The summed E-state index contributed by atoms with van der Waals surface area (Å²) >= 11 is 1.56. The third-order valence-corrected chi connectivity index (χ3v) is 4.83. The molecule has 0 aliphatic rings. The van der Waals surface area contributed by atoms with Crippen molar-refractivity contribution in [3.63, 3.8) is 0 Å². The predicted molar refractivity (Wildman–Crippen MR) is 121 cm³/mol. The first-order valence-corrected chi connectivity index (χ1v) is 10.2. The van der Waals surface area contributed by atoms with Crippen LogP contribution in [0, 0.1) is 0 Å². The van der Waals surface area contributed by atoms with Crippen molar-refractivity contribution in [1.29, 1.82) is 0 Å². The van der Waals surface area contributed by atoms with E-state index in [9.17, 15) is 4.79 Å². The van der Waals surface area contributed by atoms with Gasteiger partial charge in [0.05, 0.1) is 12.5 Å². The van der Waals surface area contributed by atoms with Crippen LogP contribution in [0.15, 0.2) is 81.9 Å². The normalized spacial score (nSPS) is 13.0. The van der Waals surface area contributed by atoms with E-state index in [-0.39, 0.29) is 12.5 Å². The fraction of sp³-hybridized carbons (Fsp3) is 0.304. The first-order valence-electron chi connectivity index (χ1n) is 9.22. The number of hydrogen-bond acceptors (Lipinski definition) is 4. The number of amides is 1. The number of carbonyl (C=O) groups excluding carboxylic acids is 1. The second kappa shape index (κ2) is 14.7. The lowest BCUT2D eigenvalue weighted by molar-refractivity contribution is -0.125. The molecule has 0 aliphatic heterocycles. The van der Waals surface area contributed by atoms with Gasteiger partial charge in [0.2, 0.25) is 5.91 Å². The van der Waals surface area contributed by atoms with Crippen LogP contribution in [-0.2, 0) is 16.1 Å². The number of nitrogens with one attached hydrogen (secondary N) is 1. The zero-order valence-corrected chi connectivity index (χ0v) is 17.8. The third kappa shape index (κ3) is 10.1. The molecular weight excluding hydrogens is 368 g/mol. The molecular formula is C23H30N2O2S. The number of hydrogen-bond donors (Lipinski definition) is 1. The zero-order chi connectivity index (χ0) is 20.6. The van der Waals surface area contributed by atoms with Crippen molar-refractivity contribution in [2.24, 2.45) is 4.99 Å². The monoisotopic (exact) mass is 398 g/mol. The van der Waals surface area contributed by atoms with Gasteiger partial charge in [0.15, 0.2) is 0 Å². The number of ether oxygens (including phenoxy) is 1. The van der Waals surface area contributed by atoms with Crippen molar-refractivity contribution >= 4 is 24.4 Å². The Bertz CT molecular complexity index is 734. The largest absolute Gasteiger partial charge is 0.367 e. The van der Waals surface area contributed by atoms with Crippen molar-refractivity contribution in [2.45, 2.75) is 33.8 Å². The predicted octanol–water partition coefficient (Wildman–Crippen LogP) is 5.41. The summed E-state index contributed by atoms with van der Waals surface area (Å²) in [6, 6.07) is 9.80. The van der Waals surface area contributed by atoms with E-state index in [0.717, 1.165) is 22.6 Å². The minimum absolute atomic E-state index is 0.0399. The lowest BCUT2D eigenvalue weighted by Gasteiger charge is -2.11. The maximum atomic E-state index is 12.0. The van der Waals surface area contributed by atoms with Gasteiger partial charge in [-0.15, -0.1) is 11.8 Å². The van der Waals surface area contributed by atoms with Crippen LogP contribution >= 0.6 is 11.8 Å². The van der Waals surface area contributed by atoms with E-state index < -0.39 is 0 Å². The Morgan fingerprint density at radius 1 is 1.25 bits per heavy atom. The van der Waals surface area contributed by atoms with Gasteiger partial charge in [-0.05, 0) is 38.6 Å². The third-order valence-electron chi connectivity index (χ3n) is 3.75. The van der Waals surface area contributed by atoms with E-state index in [4.69, 9.17) is 4.74 Å². The van der Waals surface area contributed by atoms with Crippen LogP contribution in [0.1, 0.15) is 32.8 Å². The lowest BCUT2D eigenvalue weighted by Crippen LogP contribution is -2.27. The van der Waals surface area contributed by atoms with Crippen molar-refractivity contribution in [1.82, 2.24) is 5.32 Å². The fourth-order valence-corrected chi connectivity index (χ4v) is 3.20. The molecule has 0 spiro atoms. The molecule has 0 heterocycles. The SMILES string of the molecule is C=N/C(C)=C(/CC(/C=C\C)=C/C=C\C)SCNC(=O)COCc1ccccc1. The second-order valence-electron chi connectivity index (χ2n) is 5.98. The van der Waals surface area contributed by atoms with Gasteiger partial charge in [-0.25, -0.2) is 0 Å². The van der Waals surface area contributed by atoms with Crippen LogP contribution in [0.2, 0.25) is 0 Å². The van der Waals surface area contributed by atoms with E-state index in [1.807, 2.05) is 69.3 Å². The van der Waals surface area contributed by atoms with Gasteiger partial charge in [0, 0.05) is 17.0 Å². The Kier molecular flexibility index (Phi) is 12.4. The second-order valence-corrected chi connectivity index (χ2v) is 7.05. The summed E-state index contributed by atoms with van der Waals surface area (Å²) in [6.07, 6.45) is 10.9. The van der Waals surface area contributed by atoms with Crippen LogP contribution in [0.25, 0.3) is 0 Å². The Hall–Kier alpha value is -2.37. The molecule has 1 rings (SSSR count). The molecule has 150 valence electrons. The highest BCUT2D eigenvalue weighted by atomic mass is 32.2. The Labute approximate surface area is 173 Å². The van der Waals surface area contributed by atoms with Crippen LogP contribution in [0.4, 0.5) is 0 Å². The average Bonchev–Trinajstić information content (AvgIpc) is 2.71. The maximum Gasteiger partial charge on any atom is 0.246 e. The molecule has 4 nitrogen and oxygen atoms in total. The van der Waals surface area contributed by atoms with Crippen molar-refractivity contribution < 1.29 is 9.53 Å². The van der Waals surface area contributed by atoms with Gasteiger partial charge in [-0.1, -0.05) is 60.7 Å². The summed E-state index contributed by atoms with van der Waals surface area (Å²) in [4.78, 5) is 17.1. The molecule has 0 saturated carbocycles. The van der Waals surface area contributed by atoms with E-state index >= 15 is 0 Å². The molecule has 0 aromatic heterocycles. The highest BCUT2D eigenvalue weighted by Gasteiger charge is 2.07. The molecule has 0 radical (unpaired) electrons. The Morgan fingerprint density at radius 3 is 2.64 bits per heavy atom. The van der Waals surface area contributed by atoms with E-state index in [0.29, 0.717) is 12.5 Å². The molecule has 1 aromatic carbocycles. The minimum atomic E-state index is -0.134. The van der Waals surface area contributed by atoms with E-state index in [1.54, 1.807) is 11.8 Å². The number of benzene rings is 1. The number of rotatable bonds is 12. The van der Waals surface area contributed by atoms with Gasteiger partial charge >= 0.3 is 0 Å². The molecule has 1 N–H and O–H groups in total. The smallest absolute Gasteiger partial charge is 0.246 e. The average molecular weight is 399 g/mol. The van der Waals surface area contributed by atoms with Gasteiger partial charge in [0.25, 0.3) is 0 Å². The molecule has 0 atom stereocenters. The van der Waals surface area contributed by atoms with Gasteiger partial charge < -0.3 is 10.1 Å². The Balaban J connectivity index is 2.50. The summed E-state index contributed by atoms with van der Waals surface area (Å²) < 4.78 is 5.46. The molecule has 28 heavy (non-hydrogen) atoms. The number of nitrogens with zero attached hydrogens (tertiary/aromatic N) is 1. The van der Waals surface area contributed by atoms with Crippen molar-refractivity contribution in [3.05, 3.63) is 82.5 Å². The maximum absolute atomic E-state index is 12.0.